The van der Waals surface area contributed by atoms with Gasteiger partial charge in [-0.15, -0.1) is 5.10 Å². The molecule has 0 radical (unpaired) electrons. The molecule has 0 bridgehead atoms. The molecule has 2 aliphatic rings. The third-order valence-electron chi connectivity index (χ3n) is 5.59. The number of rotatable bonds is 7. The highest BCUT2D eigenvalue weighted by Gasteiger charge is 2.24. The van der Waals surface area contributed by atoms with Crippen LogP contribution in [0.5, 0.6) is 5.75 Å². The van der Waals surface area contributed by atoms with Crippen molar-refractivity contribution in [3.8, 4) is 5.75 Å². The minimum atomic E-state index is 0.0673. The van der Waals surface area contributed by atoms with Crippen LogP contribution in [0.4, 0.5) is 5.69 Å². The van der Waals surface area contributed by atoms with Gasteiger partial charge in [0.05, 0.1) is 18.8 Å². The molecular weight excluding hydrogens is 370 g/mol. The summed E-state index contributed by atoms with van der Waals surface area (Å²) in [7, 11) is 0. The van der Waals surface area contributed by atoms with Crippen LogP contribution in [0, 0.1) is 0 Å². The fourth-order valence-corrected chi connectivity index (χ4v) is 4.02. The van der Waals surface area contributed by atoms with E-state index in [1.807, 2.05) is 30.0 Å². The van der Waals surface area contributed by atoms with E-state index in [9.17, 15) is 4.79 Å². The Kier molecular flexibility index (Phi) is 6.24. The summed E-state index contributed by atoms with van der Waals surface area (Å²) in [5.74, 6) is 1.73. The van der Waals surface area contributed by atoms with Crippen molar-refractivity contribution in [2.75, 3.05) is 50.8 Å². The largest absolute Gasteiger partial charge is 0.492 e. The molecule has 156 valence electrons. The van der Waals surface area contributed by atoms with Crippen molar-refractivity contribution in [2.45, 2.75) is 32.9 Å². The Balaban J connectivity index is 1.32. The molecule has 1 amide bonds. The van der Waals surface area contributed by atoms with Gasteiger partial charge in [0, 0.05) is 26.2 Å². The number of piperazine rings is 1. The van der Waals surface area contributed by atoms with Crippen LogP contribution in [0.1, 0.15) is 25.6 Å². The molecule has 0 atom stereocenters. The Morgan fingerprint density at radius 2 is 1.83 bits per heavy atom. The highest BCUT2D eigenvalue weighted by Crippen LogP contribution is 2.28. The van der Waals surface area contributed by atoms with E-state index >= 15 is 0 Å². The molecule has 2 aliphatic heterocycles. The number of amides is 1. The molecular formula is C20H29N7O2. The van der Waals surface area contributed by atoms with Crippen LogP contribution in [0.2, 0.25) is 0 Å². The Hall–Kier alpha value is -2.68. The lowest BCUT2D eigenvalue weighted by Crippen LogP contribution is -2.49. The zero-order chi connectivity index (χ0) is 20.1. The monoisotopic (exact) mass is 399 g/mol. The number of hydrogen-bond donors (Lipinski definition) is 0. The van der Waals surface area contributed by atoms with Gasteiger partial charge < -0.3 is 14.5 Å². The number of benzene rings is 1. The first-order valence-electron chi connectivity index (χ1n) is 10.5. The first kappa shape index (κ1) is 19.6. The molecule has 2 saturated heterocycles. The van der Waals surface area contributed by atoms with Crippen LogP contribution in [0.25, 0.3) is 0 Å². The number of para-hydroxylation sites is 2. The number of tetrazole rings is 1. The summed E-state index contributed by atoms with van der Waals surface area (Å²) in [6, 6.07) is 8.08. The number of nitrogens with zero attached hydrogens (tertiary/aromatic N) is 7. The molecule has 0 saturated carbocycles. The lowest BCUT2D eigenvalue weighted by atomic mass is 10.2. The van der Waals surface area contributed by atoms with E-state index in [2.05, 4.69) is 31.4 Å². The molecule has 1 aromatic carbocycles. The van der Waals surface area contributed by atoms with Crippen molar-refractivity contribution in [3.63, 3.8) is 0 Å². The van der Waals surface area contributed by atoms with Gasteiger partial charge in [-0.2, -0.15) is 0 Å². The smallest absolute Gasteiger partial charge is 0.244 e. The summed E-state index contributed by atoms with van der Waals surface area (Å²) in [5, 5.41) is 12.0. The Bertz CT molecular complexity index is 811. The van der Waals surface area contributed by atoms with Crippen LogP contribution >= 0.6 is 0 Å². The van der Waals surface area contributed by atoms with Crippen molar-refractivity contribution < 1.29 is 9.53 Å². The lowest BCUT2D eigenvalue weighted by Gasteiger charge is -2.36. The molecule has 4 rings (SSSR count). The lowest BCUT2D eigenvalue weighted by molar-refractivity contribution is -0.132. The molecule has 0 N–H and O–H groups in total. The van der Waals surface area contributed by atoms with Gasteiger partial charge in [-0.1, -0.05) is 12.1 Å². The van der Waals surface area contributed by atoms with Gasteiger partial charge in [0.15, 0.2) is 5.82 Å². The second kappa shape index (κ2) is 9.21. The number of ether oxygens (including phenoxy) is 1. The first-order chi connectivity index (χ1) is 14.2. The quantitative estimate of drug-likeness (QED) is 0.688. The molecule has 0 unspecified atom stereocenters. The molecule has 2 fully saturated rings. The van der Waals surface area contributed by atoms with Gasteiger partial charge in [-0.25, -0.2) is 4.68 Å². The van der Waals surface area contributed by atoms with Crippen molar-refractivity contribution >= 4 is 11.6 Å². The summed E-state index contributed by atoms with van der Waals surface area (Å²) in [5.41, 5.74) is 1.09. The molecule has 9 heteroatoms. The van der Waals surface area contributed by atoms with E-state index in [1.54, 1.807) is 4.68 Å². The van der Waals surface area contributed by atoms with Gasteiger partial charge >= 0.3 is 0 Å². The molecule has 0 aliphatic carbocycles. The fourth-order valence-electron chi connectivity index (χ4n) is 4.02. The van der Waals surface area contributed by atoms with E-state index in [0.29, 0.717) is 26.2 Å². The Morgan fingerprint density at radius 3 is 2.59 bits per heavy atom. The summed E-state index contributed by atoms with van der Waals surface area (Å²) < 4.78 is 7.40. The van der Waals surface area contributed by atoms with Gasteiger partial charge in [-0.05, 0) is 55.4 Å². The number of carbonyl (C=O) groups is 1. The normalized spacial score (nSPS) is 17.7. The molecule has 29 heavy (non-hydrogen) atoms. The first-order valence-corrected chi connectivity index (χ1v) is 10.5. The Morgan fingerprint density at radius 1 is 1.07 bits per heavy atom. The molecule has 9 nitrogen and oxygen atoms in total. The summed E-state index contributed by atoms with van der Waals surface area (Å²) in [6.45, 7) is 8.63. The summed E-state index contributed by atoms with van der Waals surface area (Å²) in [4.78, 5) is 19.3. The molecule has 1 aromatic heterocycles. The number of aromatic nitrogens is 4. The van der Waals surface area contributed by atoms with Crippen LogP contribution < -0.4 is 9.64 Å². The third-order valence-corrected chi connectivity index (χ3v) is 5.59. The second-order valence-corrected chi connectivity index (χ2v) is 7.50. The SMILES string of the molecule is CCOc1ccccc1N1CCN(C(=O)Cn2nnnc2CN2CCCC2)CC1. The third kappa shape index (κ3) is 4.67. The maximum atomic E-state index is 12.8. The van der Waals surface area contributed by atoms with E-state index in [1.165, 1.54) is 12.8 Å². The number of hydrogen-bond acceptors (Lipinski definition) is 7. The highest BCUT2D eigenvalue weighted by atomic mass is 16.5. The van der Waals surface area contributed by atoms with Crippen LogP contribution in [-0.4, -0.2) is 81.8 Å². The number of likely N-dealkylation sites (tertiary alicyclic amines) is 1. The van der Waals surface area contributed by atoms with E-state index in [4.69, 9.17) is 4.74 Å². The van der Waals surface area contributed by atoms with Gasteiger partial charge in [0.25, 0.3) is 0 Å². The topological polar surface area (TPSA) is 79.6 Å². The average molecular weight is 399 g/mol. The van der Waals surface area contributed by atoms with Gasteiger partial charge in [0.2, 0.25) is 5.91 Å². The van der Waals surface area contributed by atoms with Crippen LogP contribution in [-0.2, 0) is 17.9 Å². The van der Waals surface area contributed by atoms with Crippen LogP contribution in [0.3, 0.4) is 0 Å². The van der Waals surface area contributed by atoms with Crippen molar-refractivity contribution in [2.24, 2.45) is 0 Å². The highest BCUT2D eigenvalue weighted by molar-refractivity contribution is 5.76. The minimum Gasteiger partial charge on any atom is -0.492 e. The van der Waals surface area contributed by atoms with E-state index in [-0.39, 0.29) is 12.5 Å². The predicted octanol–water partition coefficient (Wildman–Crippen LogP) is 1.02. The Labute approximate surface area is 171 Å². The van der Waals surface area contributed by atoms with Crippen molar-refractivity contribution in [1.29, 1.82) is 0 Å². The van der Waals surface area contributed by atoms with Gasteiger partial charge in [-0.3, -0.25) is 9.69 Å². The standard InChI is InChI=1S/C20H29N7O2/c1-2-29-18-8-4-3-7-17(18)25-11-13-26(14-12-25)20(28)16-27-19(21-22-23-27)15-24-9-5-6-10-24/h3-4,7-8H,2,5-6,9-16H2,1H3. The van der Waals surface area contributed by atoms with Crippen LogP contribution in [0.15, 0.2) is 24.3 Å². The van der Waals surface area contributed by atoms with Gasteiger partial charge in [0.1, 0.15) is 12.3 Å². The molecule has 3 heterocycles. The zero-order valence-electron chi connectivity index (χ0n) is 17.0. The molecule has 0 spiro atoms. The van der Waals surface area contributed by atoms with Crippen molar-refractivity contribution in [1.82, 2.24) is 30.0 Å². The van der Waals surface area contributed by atoms with E-state index < -0.39 is 0 Å². The summed E-state index contributed by atoms with van der Waals surface area (Å²) >= 11 is 0. The molecule has 2 aromatic rings. The fraction of sp³-hybridized carbons (Fsp3) is 0.600. The number of anilines is 1. The minimum absolute atomic E-state index is 0.0673. The predicted molar refractivity (Wildman–Crippen MR) is 109 cm³/mol. The summed E-state index contributed by atoms with van der Waals surface area (Å²) in [6.07, 6.45) is 2.44. The maximum absolute atomic E-state index is 12.8. The van der Waals surface area contributed by atoms with Crippen molar-refractivity contribution in [3.05, 3.63) is 30.1 Å². The second-order valence-electron chi connectivity index (χ2n) is 7.50. The maximum Gasteiger partial charge on any atom is 0.244 e. The van der Waals surface area contributed by atoms with E-state index in [0.717, 1.165) is 43.4 Å². The number of carbonyl (C=O) groups excluding carboxylic acids is 1. The zero-order valence-corrected chi connectivity index (χ0v) is 17.0. The average Bonchev–Trinajstić information content (AvgIpc) is 3.42.